The Balaban J connectivity index is 1.73. The molecule has 0 bridgehead atoms. The monoisotopic (exact) mass is 380 g/mol. The summed E-state index contributed by atoms with van der Waals surface area (Å²) in [6.07, 6.45) is 2.90. The maximum atomic E-state index is 12.4. The van der Waals surface area contributed by atoms with Crippen LogP contribution in [0.3, 0.4) is 0 Å². The molecule has 0 aliphatic carbocycles. The first-order chi connectivity index (χ1) is 12.9. The molecule has 1 unspecified atom stereocenters. The van der Waals surface area contributed by atoms with Crippen molar-refractivity contribution in [3.63, 3.8) is 0 Å². The number of fused-ring (bicyclic) bond motifs is 1. The second-order valence-corrected chi connectivity index (χ2v) is 6.21. The predicted octanol–water partition coefficient (Wildman–Crippen LogP) is 2.13. The van der Waals surface area contributed by atoms with Crippen LogP contribution in [0.2, 0.25) is 0 Å². The maximum Gasteiger partial charge on any atom is 0.388 e. The van der Waals surface area contributed by atoms with Gasteiger partial charge in [-0.3, -0.25) is 4.79 Å². The number of ether oxygens (including phenoxy) is 2. The summed E-state index contributed by atoms with van der Waals surface area (Å²) in [6.45, 7) is -0.495. The van der Waals surface area contributed by atoms with Gasteiger partial charge in [0.15, 0.2) is 5.88 Å². The Bertz CT molecular complexity index is 795. The fourth-order valence-electron chi connectivity index (χ4n) is 3.11. The number of hydrogen-bond donors (Lipinski definition) is 3. The Morgan fingerprint density at radius 3 is 2.81 bits per heavy atom. The molecular formula is C18H22F2N4O3. The average molecular weight is 380 g/mol. The van der Waals surface area contributed by atoms with Crippen LogP contribution in [0.4, 0.5) is 20.2 Å². The highest BCUT2D eigenvalue weighted by molar-refractivity contribution is 5.94. The molecule has 1 aromatic carbocycles. The lowest BCUT2D eigenvalue weighted by molar-refractivity contribution is -0.117. The van der Waals surface area contributed by atoms with Crippen LogP contribution in [0.25, 0.3) is 0 Å². The van der Waals surface area contributed by atoms with E-state index in [4.69, 9.17) is 4.74 Å². The number of carbonyl (C=O) groups is 1. The minimum absolute atomic E-state index is 0.0641. The lowest BCUT2D eigenvalue weighted by Crippen LogP contribution is -2.33. The average Bonchev–Trinajstić information content (AvgIpc) is 2.94. The number of carbonyl (C=O) groups excluding carboxylic acids is 1. The summed E-state index contributed by atoms with van der Waals surface area (Å²) in [5.41, 5.74) is 3.24. The zero-order valence-corrected chi connectivity index (χ0v) is 15.3. The minimum atomic E-state index is -2.91. The summed E-state index contributed by atoms with van der Waals surface area (Å²) in [5.74, 6) is 0.321. The van der Waals surface area contributed by atoms with Gasteiger partial charge in [0.2, 0.25) is 5.91 Å². The molecule has 1 aromatic rings. The number of methoxy groups -OCH3 is 1. The highest BCUT2D eigenvalue weighted by Gasteiger charge is 2.27. The van der Waals surface area contributed by atoms with Crippen LogP contribution in [-0.2, 0) is 16.1 Å². The van der Waals surface area contributed by atoms with Crippen LogP contribution >= 0.6 is 0 Å². The van der Waals surface area contributed by atoms with Gasteiger partial charge in [-0.25, -0.2) is 0 Å². The van der Waals surface area contributed by atoms with E-state index in [1.54, 1.807) is 7.11 Å². The Morgan fingerprint density at radius 2 is 2.19 bits per heavy atom. The summed E-state index contributed by atoms with van der Waals surface area (Å²) >= 11 is 0. The van der Waals surface area contributed by atoms with Crippen molar-refractivity contribution < 1.29 is 23.0 Å². The summed E-state index contributed by atoms with van der Waals surface area (Å²) in [5, 5.41) is 8.87. The number of halogens is 2. The van der Waals surface area contributed by atoms with Crippen LogP contribution in [0.15, 0.2) is 35.7 Å². The van der Waals surface area contributed by atoms with E-state index in [0.29, 0.717) is 11.3 Å². The van der Waals surface area contributed by atoms with E-state index in [1.807, 2.05) is 26.1 Å². The molecule has 0 radical (unpaired) electrons. The number of rotatable bonds is 6. The molecule has 9 heteroatoms. The number of nitrogens with one attached hydrogen (secondary N) is 3. The zero-order chi connectivity index (χ0) is 19.6. The van der Waals surface area contributed by atoms with Gasteiger partial charge >= 0.3 is 6.61 Å². The smallest absolute Gasteiger partial charge is 0.388 e. The lowest BCUT2D eigenvalue weighted by Gasteiger charge is -2.22. The van der Waals surface area contributed by atoms with Crippen LogP contribution in [0.5, 0.6) is 5.75 Å². The molecule has 7 nitrogen and oxygen atoms in total. The minimum Gasteiger partial charge on any atom is -0.496 e. The fourth-order valence-corrected chi connectivity index (χ4v) is 3.11. The van der Waals surface area contributed by atoms with E-state index in [9.17, 15) is 13.6 Å². The van der Waals surface area contributed by atoms with Crippen molar-refractivity contribution >= 4 is 17.3 Å². The first kappa shape index (κ1) is 18.8. The first-order valence-corrected chi connectivity index (χ1v) is 8.47. The molecule has 0 saturated carbocycles. The molecule has 3 rings (SSSR count). The largest absolute Gasteiger partial charge is 0.496 e. The summed E-state index contributed by atoms with van der Waals surface area (Å²) < 4.78 is 34.1. The molecule has 27 heavy (non-hydrogen) atoms. The van der Waals surface area contributed by atoms with Gasteiger partial charge in [-0.15, -0.1) is 0 Å². The summed E-state index contributed by atoms with van der Waals surface area (Å²) in [7, 11) is 3.55. The number of amides is 1. The van der Waals surface area contributed by atoms with Crippen molar-refractivity contribution in [2.75, 3.05) is 30.9 Å². The SMILES string of the molecule is COc1ccc2c(c1CNC(=O)C1=CC=C(OC(F)F)NC1)N(C)C(C)N2. The van der Waals surface area contributed by atoms with Gasteiger partial charge < -0.3 is 30.3 Å². The highest BCUT2D eigenvalue weighted by Crippen LogP contribution is 2.41. The quantitative estimate of drug-likeness (QED) is 0.702. The standard InChI is InChI=1S/C18H22F2N4O3/c1-10-23-13-5-6-14(26-3)12(16(13)24(10)2)9-22-17(25)11-4-7-15(21-8-11)27-18(19)20/h4-7,10,18,21,23H,8-9H2,1-3H3,(H,22,25). The second kappa shape index (κ2) is 7.73. The van der Waals surface area contributed by atoms with Crippen molar-refractivity contribution in [2.24, 2.45) is 0 Å². The number of benzene rings is 1. The zero-order valence-electron chi connectivity index (χ0n) is 15.3. The molecule has 146 valence electrons. The summed E-state index contributed by atoms with van der Waals surface area (Å²) in [6, 6.07) is 3.81. The Morgan fingerprint density at radius 1 is 1.41 bits per heavy atom. The second-order valence-electron chi connectivity index (χ2n) is 6.21. The van der Waals surface area contributed by atoms with E-state index in [1.165, 1.54) is 12.2 Å². The molecule has 3 N–H and O–H groups in total. The van der Waals surface area contributed by atoms with Crippen LogP contribution in [-0.4, -0.2) is 39.4 Å². The van der Waals surface area contributed by atoms with Crippen molar-refractivity contribution in [3.8, 4) is 5.75 Å². The number of dihydropyridines is 1. The molecule has 2 aliphatic rings. The Labute approximate surface area is 156 Å². The van der Waals surface area contributed by atoms with Crippen LogP contribution < -0.4 is 25.6 Å². The fraction of sp³-hybridized carbons (Fsp3) is 0.389. The number of anilines is 2. The van der Waals surface area contributed by atoms with E-state index in [0.717, 1.165) is 16.9 Å². The molecule has 1 atom stereocenters. The van der Waals surface area contributed by atoms with E-state index in [2.05, 4.69) is 25.6 Å². The van der Waals surface area contributed by atoms with Crippen LogP contribution in [0.1, 0.15) is 12.5 Å². The highest BCUT2D eigenvalue weighted by atomic mass is 19.3. The third-order valence-electron chi connectivity index (χ3n) is 4.58. The van der Waals surface area contributed by atoms with Crippen LogP contribution in [0, 0.1) is 0 Å². The Kier molecular flexibility index (Phi) is 5.38. The van der Waals surface area contributed by atoms with Gasteiger partial charge in [-0.1, -0.05) is 0 Å². The van der Waals surface area contributed by atoms with Gasteiger partial charge in [0.25, 0.3) is 0 Å². The molecular weight excluding hydrogens is 358 g/mol. The molecule has 1 amide bonds. The lowest BCUT2D eigenvalue weighted by atomic mass is 10.1. The van der Waals surface area contributed by atoms with Gasteiger partial charge in [0.1, 0.15) is 5.75 Å². The third kappa shape index (κ3) is 3.91. The number of alkyl halides is 2. The molecule has 0 saturated heterocycles. The number of hydrogen-bond acceptors (Lipinski definition) is 6. The van der Waals surface area contributed by atoms with Crippen molar-refractivity contribution in [1.82, 2.24) is 10.6 Å². The van der Waals surface area contributed by atoms with Crippen molar-refractivity contribution in [3.05, 3.63) is 41.3 Å². The predicted molar refractivity (Wildman–Crippen MR) is 97.6 cm³/mol. The number of nitrogens with zero attached hydrogens (tertiary/aromatic N) is 1. The van der Waals surface area contributed by atoms with E-state index < -0.39 is 6.61 Å². The molecule has 2 heterocycles. The molecule has 0 aromatic heterocycles. The van der Waals surface area contributed by atoms with E-state index in [-0.39, 0.29) is 31.0 Å². The molecule has 0 spiro atoms. The normalized spacial score (nSPS) is 18.1. The molecule has 2 aliphatic heterocycles. The van der Waals surface area contributed by atoms with Crippen molar-refractivity contribution in [1.29, 1.82) is 0 Å². The molecule has 0 fully saturated rings. The topological polar surface area (TPSA) is 74.9 Å². The Hall–Kier alpha value is -2.97. The van der Waals surface area contributed by atoms with Gasteiger partial charge in [0, 0.05) is 31.3 Å². The first-order valence-electron chi connectivity index (χ1n) is 8.47. The van der Waals surface area contributed by atoms with Gasteiger partial charge in [-0.05, 0) is 31.2 Å². The summed E-state index contributed by atoms with van der Waals surface area (Å²) in [4.78, 5) is 14.5. The maximum absolute atomic E-state index is 12.4. The van der Waals surface area contributed by atoms with E-state index >= 15 is 0 Å². The van der Waals surface area contributed by atoms with Gasteiger partial charge in [-0.2, -0.15) is 8.78 Å². The number of allylic oxidation sites excluding steroid dienone is 2. The van der Waals surface area contributed by atoms with Gasteiger partial charge in [0.05, 0.1) is 24.7 Å². The van der Waals surface area contributed by atoms with Crippen molar-refractivity contribution in [2.45, 2.75) is 26.2 Å². The third-order valence-corrected chi connectivity index (χ3v) is 4.58.